The summed E-state index contributed by atoms with van der Waals surface area (Å²) >= 11 is 1.59. The van der Waals surface area contributed by atoms with Crippen LogP contribution in [-0.4, -0.2) is 34.4 Å². The van der Waals surface area contributed by atoms with Crippen LogP contribution in [0, 0.1) is 0 Å². The summed E-state index contributed by atoms with van der Waals surface area (Å²) in [6.45, 7) is 1.67. The van der Waals surface area contributed by atoms with Crippen molar-refractivity contribution in [3.8, 4) is 0 Å². The van der Waals surface area contributed by atoms with Crippen molar-refractivity contribution in [3.05, 3.63) is 16.6 Å². The van der Waals surface area contributed by atoms with E-state index in [-0.39, 0.29) is 11.9 Å². The van der Waals surface area contributed by atoms with E-state index in [1.54, 1.807) is 17.5 Å². The van der Waals surface area contributed by atoms with Crippen LogP contribution in [0.1, 0.15) is 37.1 Å². The highest BCUT2D eigenvalue weighted by molar-refractivity contribution is 7.09. The number of rotatable bonds is 3. The molecule has 1 aromatic rings. The highest BCUT2D eigenvalue weighted by atomic mass is 32.1. The first-order chi connectivity index (χ1) is 8.84. The van der Waals surface area contributed by atoms with Gasteiger partial charge in [0.05, 0.1) is 12.6 Å². The lowest BCUT2D eigenvalue weighted by Gasteiger charge is -2.36. The number of nitrogens with one attached hydrogen (secondary N) is 1. The van der Waals surface area contributed by atoms with Crippen molar-refractivity contribution in [2.75, 3.05) is 6.54 Å². The van der Waals surface area contributed by atoms with Crippen LogP contribution in [0.5, 0.6) is 0 Å². The van der Waals surface area contributed by atoms with E-state index < -0.39 is 0 Å². The summed E-state index contributed by atoms with van der Waals surface area (Å²) in [5.41, 5.74) is 0. The van der Waals surface area contributed by atoms with E-state index in [0.29, 0.717) is 12.6 Å². The first-order valence-corrected chi connectivity index (χ1v) is 7.64. The largest absolute Gasteiger partial charge is 0.348 e. The number of nitrogens with zero attached hydrogens (tertiary/aromatic N) is 2. The van der Waals surface area contributed by atoms with Crippen LogP contribution in [0.2, 0.25) is 0 Å². The summed E-state index contributed by atoms with van der Waals surface area (Å²) in [7, 11) is 0. The number of carbonyl (C=O) groups is 1. The van der Waals surface area contributed by atoms with Gasteiger partial charge in [-0.15, -0.1) is 11.3 Å². The van der Waals surface area contributed by atoms with Crippen molar-refractivity contribution < 1.29 is 4.79 Å². The molecule has 2 atom stereocenters. The van der Waals surface area contributed by atoms with E-state index in [1.165, 1.54) is 25.7 Å². The van der Waals surface area contributed by atoms with Crippen LogP contribution in [0.4, 0.5) is 0 Å². The number of aromatic nitrogens is 1. The number of hydrogen-bond acceptors (Lipinski definition) is 4. The van der Waals surface area contributed by atoms with Crippen molar-refractivity contribution in [1.29, 1.82) is 0 Å². The molecule has 0 saturated carbocycles. The minimum atomic E-state index is 0.103. The van der Waals surface area contributed by atoms with E-state index in [4.69, 9.17) is 0 Å². The minimum absolute atomic E-state index is 0.103. The quantitative estimate of drug-likeness (QED) is 0.906. The monoisotopic (exact) mass is 265 g/mol. The van der Waals surface area contributed by atoms with Crippen molar-refractivity contribution in [3.63, 3.8) is 0 Å². The predicted octanol–water partition coefficient (Wildman–Crippen LogP) is 1.78. The topological polar surface area (TPSA) is 45.2 Å². The maximum Gasteiger partial charge on any atom is 0.237 e. The van der Waals surface area contributed by atoms with Crippen molar-refractivity contribution in [2.24, 2.45) is 0 Å². The van der Waals surface area contributed by atoms with Crippen LogP contribution in [0.15, 0.2) is 11.6 Å². The molecule has 0 radical (unpaired) electrons. The van der Waals surface area contributed by atoms with Gasteiger partial charge in [-0.3, -0.25) is 9.69 Å². The smallest absolute Gasteiger partial charge is 0.237 e. The SMILES string of the molecule is O=C(NCc1nccs1)C1CCCC2CCCN21. The first-order valence-electron chi connectivity index (χ1n) is 6.76. The number of carbonyl (C=O) groups excluding carboxylic acids is 1. The molecule has 2 aliphatic heterocycles. The molecule has 0 aromatic carbocycles. The first kappa shape index (κ1) is 12.1. The molecule has 2 fully saturated rings. The standard InChI is InChI=1S/C13H19N3OS/c17-13(15-9-12-14-6-8-18-12)11-5-1-3-10-4-2-7-16(10)11/h6,8,10-11H,1-5,7,9H2,(H,15,17). The van der Waals surface area contributed by atoms with E-state index in [2.05, 4.69) is 15.2 Å². The van der Waals surface area contributed by atoms with Crippen molar-refractivity contribution in [1.82, 2.24) is 15.2 Å². The molecule has 2 saturated heterocycles. The van der Waals surface area contributed by atoms with Gasteiger partial charge in [-0.05, 0) is 38.6 Å². The Kier molecular flexibility index (Phi) is 3.61. The number of piperidine rings is 1. The molecule has 1 amide bonds. The van der Waals surface area contributed by atoms with E-state index in [1.807, 2.05) is 5.38 Å². The van der Waals surface area contributed by atoms with Crippen LogP contribution in [-0.2, 0) is 11.3 Å². The molecule has 4 nitrogen and oxygen atoms in total. The number of fused-ring (bicyclic) bond motifs is 1. The summed E-state index contributed by atoms with van der Waals surface area (Å²) in [4.78, 5) is 18.9. The zero-order valence-corrected chi connectivity index (χ0v) is 11.3. The van der Waals surface area contributed by atoms with Gasteiger partial charge in [-0.25, -0.2) is 4.98 Å². The average Bonchev–Trinajstić information content (AvgIpc) is 3.05. The van der Waals surface area contributed by atoms with E-state index >= 15 is 0 Å². The number of amides is 1. The van der Waals surface area contributed by atoms with Crippen molar-refractivity contribution >= 4 is 17.2 Å². The van der Waals surface area contributed by atoms with Crippen LogP contribution < -0.4 is 5.32 Å². The van der Waals surface area contributed by atoms with Gasteiger partial charge >= 0.3 is 0 Å². The Morgan fingerprint density at radius 3 is 3.17 bits per heavy atom. The van der Waals surface area contributed by atoms with Crippen molar-refractivity contribution in [2.45, 2.75) is 50.7 Å². The number of hydrogen-bond donors (Lipinski definition) is 1. The molecule has 18 heavy (non-hydrogen) atoms. The molecule has 0 bridgehead atoms. The van der Waals surface area contributed by atoms with Gasteiger partial charge in [-0.2, -0.15) is 0 Å². The molecule has 2 aliphatic rings. The van der Waals surface area contributed by atoms with Gasteiger partial charge in [-0.1, -0.05) is 0 Å². The van der Waals surface area contributed by atoms with Gasteiger partial charge in [0.2, 0.25) is 5.91 Å². The maximum absolute atomic E-state index is 12.3. The average molecular weight is 265 g/mol. The Balaban J connectivity index is 1.58. The zero-order valence-electron chi connectivity index (χ0n) is 10.5. The maximum atomic E-state index is 12.3. The lowest BCUT2D eigenvalue weighted by molar-refractivity contribution is -0.128. The highest BCUT2D eigenvalue weighted by Gasteiger charge is 2.37. The van der Waals surface area contributed by atoms with Gasteiger partial charge in [0.15, 0.2) is 0 Å². The molecule has 98 valence electrons. The Bertz CT molecular complexity index is 406. The van der Waals surface area contributed by atoms with E-state index in [9.17, 15) is 4.79 Å². The second kappa shape index (κ2) is 5.36. The second-order valence-corrected chi connectivity index (χ2v) is 6.10. The Labute approximate surface area is 111 Å². The normalized spacial score (nSPS) is 28.0. The molecule has 0 spiro atoms. The van der Waals surface area contributed by atoms with E-state index in [0.717, 1.165) is 18.0 Å². The Morgan fingerprint density at radius 1 is 1.44 bits per heavy atom. The summed E-state index contributed by atoms with van der Waals surface area (Å²) in [5, 5.41) is 5.96. The molecule has 5 heteroatoms. The fourth-order valence-corrected chi connectivity index (χ4v) is 3.75. The summed E-state index contributed by atoms with van der Waals surface area (Å²) in [6, 6.07) is 0.764. The fraction of sp³-hybridized carbons (Fsp3) is 0.692. The van der Waals surface area contributed by atoms with Crippen LogP contribution in [0.25, 0.3) is 0 Å². The molecular formula is C13H19N3OS. The molecule has 2 unspecified atom stereocenters. The minimum Gasteiger partial charge on any atom is -0.348 e. The number of thiazole rings is 1. The third kappa shape index (κ3) is 2.42. The van der Waals surface area contributed by atoms with Gasteiger partial charge in [0.1, 0.15) is 5.01 Å². The predicted molar refractivity (Wildman–Crippen MR) is 71.3 cm³/mol. The van der Waals surface area contributed by atoms with Gasteiger partial charge in [0.25, 0.3) is 0 Å². The summed E-state index contributed by atoms with van der Waals surface area (Å²) in [6.07, 6.45) is 7.79. The molecule has 3 rings (SSSR count). The molecule has 1 N–H and O–H groups in total. The van der Waals surface area contributed by atoms with Gasteiger partial charge in [0, 0.05) is 17.6 Å². The lowest BCUT2D eigenvalue weighted by Crippen LogP contribution is -2.51. The molecule has 1 aromatic heterocycles. The third-order valence-electron chi connectivity index (χ3n) is 4.04. The molecular weight excluding hydrogens is 246 g/mol. The van der Waals surface area contributed by atoms with Crippen LogP contribution in [0.3, 0.4) is 0 Å². The zero-order chi connectivity index (χ0) is 12.4. The molecule has 0 aliphatic carbocycles. The van der Waals surface area contributed by atoms with Crippen LogP contribution >= 0.6 is 11.3 Å². The Morgan fingerprint density at radius 2 is 2.33 bits per heavy atom. The third-order valence-corrected chi connectivity index (χ3v) is 4.82. The summed E-state index contributed by atoms with van der Waals surface area (Å²) in [5.74, 6) is 0.191. The fourth-order valence-electron chi connectivity index (χ4n) is 3.19. The lowest BCUT2D eigenvalue weighted by atomic mass is 9.96. The summed E-state index contributed by atoms with van der Waals surface area (Å²) < 4.78 is 0. The molecule has 3 heterocycles. The Hall–Kier alpha value is -0.940. The second-order valence-electron chi connectivity index (χ2n) is 5.12. The van der Waals surface area contributed by atoms with Gasteiger partial charge < -0.3 is 5.32 Å². The highest BCUT2D eigenvalue weighted by Crippen LogP contribution is 2.30.